The fraction of sp³-hybridized carbons (Fsp3) is 0.579. The summed E-state index contributed by atoms with van der Waals surface area (Å²) in [5.41, 5.74) is 0.917. The first-order chi connectivity index (χ1) is 12.0. The van der Waals surface area contributed by atoms with Crippen molar-refractivity contribution in [3.8, 4) is 5.75 Å². The zero-order valence-corrected chi connectivity index (χ0v) is 15.1. The van der Waals surface area contributed by atoms with Gasteiger partial charge in [0.15, 0.2) is 6.61 Å². The van der Waals surface area contributed by atoms with Gasteiger partial charge in [0.2, 0.25) is 0 Å². The molecule has 1 aromatic carbocycles. The highest BCUT2D eigenvalue weighted by atomic mass is 16.5. The van der Waals surface area contributed by atoms with Crippen LogP contribution < -0.4 is 10.1 Å². The van der Waals surface area contributed by atoms with Gasteiger partial charge in [-0.3, -0.25) is 9.59 Å². The van der Waals surface area contributed by atoms with Crippen molar-refractivity contribution in [2.24, 2.45) is 5.41 Å². The molecule has 0 bridgehead atoms. The number of benzene rings is 1. The average molecular weight is 345 g/mol. The summed E-state index contributed by atoms with van der Waals surface area (Å²) in [6.07, 6.45) is 3.31. The van der Waals surface area contributed by atoms with E-state index in [0.717, 1.165) is 39.0 Å². The predicted molar refractivity (Wildman–Crippen MR) is 95.7 cm³/mol. The molecule has 136 valence electrons. The number of nitrogens with one attached hydrogen (secondary N) is 1. The highest BCUT2D eigenvalue weighted by Gasteiger charge is 2.38. The molecule has 0 aromatic heterocycles. The summed E-state index contributed by atoms with van der Waals surface area (Å²) < 4.78 is 5.62. The Morgan fingerprint density at radius 3 is 2.56 bits per heavy atom. The number of rotatable bonds is 4. The lowest BCUT2D eigenvalue weighted by molar-refractivity contribution is -0.130. The summed E-state index contributed by atoms with van der Waals surface area (Å²) in [4.78, 5) is 28.1. The Morgan fingerprint density at radius 1 is 1.20 bits per heavy atom. The second-order valence-corrected chi connectivity index (χ2v) is 7.29. The lowest BCUT2D eigenvalue weighted by Crippen LogP contribution is -2.44. The van der Waals surface area contributed by atoms with Crippen molar-refractivity contribution < 1.29 is 14.3 Å². The molecule has 0 unspecified atom stereocenters. The van der Waals surface area contributed by atoms with Gasteiger partial charge >= 0.3 is 0 Å². The smallest absolute Gasteiger partial charge is 0.259 e. The Labute approximate surface area is 149 Å². The van der Waals surface area contributed by atoms with E-state index in [1.807, 2.05) is 17.0 Å². The van der Waals surface area contributed by atoms with E-state index in [1.165, 1.54) is 11.3 Å². The second kappa shape index (κ2) is 7.44. The number of likely N-dealkylation sites (N-methyl/N-ethyl adjacent to an activating group) is 1. The molecule has 0 atom stereocenters. The van der Waals surface area contributed by atoms with E-state index in [2.05, 4.69) is 5.32 Å². The van der Waals surface area contributed by atoms with Crippen LogP contribution in [0.5, 0.6) is 5.75 Å². The second-order valence-electron chi connectivity index (χ2n) is 7.29. The Balaban J connectivity index is 1.65. The van der Waals surface area contributed by atoms with Crippen LogP contribution in [0.1, 0.15) is 29.6 Å². The standard InChI is InChI=1S/C19H27N3O3/c1-21(2)17(23)13-25-16-6-4-3-5-15(16)18(24)22-11-8-19(9-12-22)7-10-20-14-19/h3-6,20H,7-14H2,1-2H3. The number of likely N-dealkylation sites (tertiary alicyclic amines) is 1. The van der Waals surface area contributed by atoms with E-state index < -0.39 is 0 Å². The van der Waals surface area contributed by atoms with Crippen molar-refractivity contribution in [3.05, 3.63) is 29.8 Å². The molecule has 25 heavy (non-hydrogen) atoms. The molecule has 1 spiro atoms. The van der Waals surface area contributed by atoms with Crippen molar-refractivity contribution in [3.63, 3.8) is 0 Å². The Kier molecular flexibility index (Phi) is 5.27. The molecular formula is C19H27N3O3. The molecule has 2 heterocycles. The summed E-state index contributed by atoms with van der Waals surface area (Å²) >= 11 is 0. The number of para-hydroxylation sites is 1. The Morgan fingerprint density at radius 2 is 1.92 bits per heavy atom. The number of amides is 2. The topological polar surface area (TPSA) is 61.9 Å². The maximum atomic E-state index is 12.9. The molecule has 2 amide bonds. The maximum Gasteiger partial charge on any atom is 0.259 e. The van der Waals surface area contributed by atoms with E-state index in [4.69, 9.17) is 4.74 Å². The van der Waals surface area contributed by atoms with Crippen LogP contribution in [0.25, 0.3) is 0 Å². The molecule has 1 N–H and O–H groups in total. The number of hydrogen-bond donors (Lipinski definition) is 1. The zero-order chi connectivity index (χ0) is 17.9. The van der Waals surface area contributed by atoms with Crippen LogP contribution >= 0.6 is 0 Å². The van der Waals surface area contributed by atoms with Gasteiger partial charge in [0, 0.05) is 33.7 Å². The van der Waals surface area contributed by atoms with E-state index >= 15 is 0 Å². The molecular weight excluding hydrogens is 318 g/mol. The van der Waals surface area contributed by atoms with Gasteiger partial charge in [-0.1, -0.05) is 12.1 Å². The van der Waals surface area contributed by atoms with Crippen molar-refractivity contribution in [1.29, 1.82) is 0 Å². The fourth-order valence-corrected chi connectivity index (χ4v) is 3.61. The first-order valence-corrected chi connectivity index (χ1v) is 8.93. The predicted octanol–water partition coefficient (Wildman–Crippen LogP) is 1.37. The minimum atomic E-state index is -0.129. The van der Waals surface area contributed by atoms with Gasteiger partial charge in [-0.2, -0.15) is 0 Å². The third-order valence-corrected chi connectivity index (χ3v) is 5.41. The first kappa shape index (κ1) is 17.7. The minimum Gasteiger partial charge on any atom is -0.483 e. The SMILES string of the molecule is CN(C)C(=O)COc1ccccc1C(=O)N1CCC2(CCNC2)CC1. The molecule has 0 saturated carbocycles. The van der Waals surface area contributed by atoms with Crippen molar-refractivity contribution in [2.75, 3.05) is 46.9 Å². The third kappa shape index (κ3) is 3.95. The van der Waals surface area contributed by atoms with Gasteiger partial charge in [-0.05, 0) is 43.4 Å². The first-order valence-electron chi connectivity index (χ1n) is 8.93. The summed E-state index contributed by atoms with van der Waals surface area (Å²) in [7, 11) is 3.37. The molecule has 0 aliphatic carbocycles. The molecule has 0 radical (unpaired) electrons. The van der Waals surface area contributed by atoms with Gasteiger partial charge in [0.25, 0.3) is 11.8 Å². The Bertz CT molecular complexity index is 629. The summed E-state index contributed by atoms with van der Waals surface area (Å²) in [5, 5.41) is 3.44. The van der Waals surface area contributed by atoms with Crippen LogP contribution in [0.4, 0.5) is 0 Å². The number of hydrogen-bond acceptors (Lipinski definition) is 4. The zero-order valence-electron chi connectivity index (χ0n) is 15.1. The number of nitrogens with zero attached hydrogens (tertiary/aromatic N) is 2. The van der Waals surface area contributed by atoms with Crippen molar-refractivity contribution in [2.45, 2.75) is 19.3 Å². The molecule has 2 aliphatic rings. The Hall–Kier alpha value is -2.08. The van der Waals surface area contributed by atoms with Crippen LogP contribution in [-0.2, 0) is 4.79 Å². The molecule has 6 nitrogen and oxygen atoms in total. The van der Waals surface area contributed by atoms with Gasteiger partial charge in [-0.25, -0.2) is 0 Å². The van der Waals surface area contributed by atoms with E-state index in [-0.39, 0.29) is 18.4 Å². The highest BCUT2D eigenvalue weighted by Crippen LogP contribution is 2.37. The quantitative estimate of drug-likeness (QED) is 0.895. The molecule has 1 aromatic rings. The fourth-order valence-electron chi connectivity index (χ4n) is 3.61. The maximum absolute atomic E-state index is 12.9. The van der Waals surface area contributed by atoms with Crippen molar-refractivity contribution in [1.82, 2.24) is 15.1 Å². The van der Waals surface area contributed by atoms with Gasteiger partial charge in [0.1, 0.15) is 5.75 Å². The van der Waals surface area contributed by atoms with Gasteiger partial charge in [-0.15, -0.1) is 0 Å². The number of carbonyl (C=O) groups excluding carboxylic acids is 2. The molecule has 3 rings (SSSR count). The highest BCUT2D eigenvalue weighted by molar-refractivity contribution is 5.97. The van der Waals surface area contributed by atoms with E-state index in [1.54, 1.807) is 26.2 Å². The van der Waals surface area contributed by atoms with Crippen LogP contribution in [0.2, 0.25) is 0 Å². The molecule has 6 heteroatoms. The number of carbonyl (C=O) groups is 2. The minimum absolute atomic E-state index is 0.00583. The largest absolute Gasteiger partial charge is 0.483 e. The van der Waals surface area contributed by atoms with Crippen LogP contribution in [-0.4, -0.2) is 68.5 Å². The normalized spacial score (nSPS) is 19.0. The van der Waals surface area contributed by atoms with E-state index in [9.17, 15) is 9.59 Å². The molecule has 2 aliphatic heterocycles. The van der Waals surface area contributed by atoms with Gasteiger partial charge in [0.05, 0.1) is 5.56 Å². The summed E-state index contributed by atoms with van der Waals surface area (Å²) in [5.74, 6) is 0.343. The average Bonchev–Trinajstić information content (AvgIpc) is 3.08. The third-order valence-electron chi connectivity index (χ3n) is 5.41. The lowest BCUT2D eigenvalue weighted by Gasteiger charge is -2.39. The number of ether oxygens (including phenoxy) is 1. The number of piperidine rings is 1. The summed E-state index contributed by atoms with van der Waals surface area (Å²) in [6, 6.07) is 7.18. The van der Waals surface area contributed by atoms with E-state index in [0.29, 0.717) is 16.7 Å². The van der Waals surface area contributed by atoms with Gasteiger partial charge < -0.3 is 19.9 Å². The monoisotopic (exact) mass is 345 g/mol. The van der Waals surface area contributed by atoms with Crippen molar-refractivity contribution >= 4 is 11.8 Å². The van der Waals surface area contributed by atoms with Crippen LogP contribution in [0.15, 0.2) is 24.3 Å². The lowest BCUT2D eigenvalue weighted by atomic mass is 9.78. The molecule has 2 saturated heterocycles. The van der Waals surface area contributed by atoms with Crippen LogP contribution in [0, 0.1) is 5.41 Å². The molecule has 2 fully saturated rings. The summed E-state index contributed by atoms with van der Waals surface area (Å²) in [6.45, 7) is 3.66. The van der Waals surface area contributed by atoms with Crippen LogP contribution in [0.3, 0.4) is 0 Å².